The van der Waals surface area contributed by atoms with Crippen LogP contribution in [0.25, 0.3) is 6.08 Å². The van der Waals surface area contributed by atoms with Crippen molar-refractivity contribution in [2.45, 2.75) is 19.9 Å². The number of methoxy groups -OCH3 is 1. The lowest BCUT2D eigenvalue weighted by atomic mass is 9.95. The first-order chi connectivity index (χ1) is 15.4. The maximum absolute atomic E-state index is 13.6. The van der Waals surface area contributed by atoms with Gasteiger partial charge in [-0.25, -0.2) is 9.79 Å². The summed E-state index contributed by atoms with van der Waals surface area (Å²) in [7, 11) is 1.57. The Kier molecular flexibility index (Phi) is 6.61. The molecule has 0 spiro atoms. The van der Waals surface area contributed by atoms with Crippen molar-refractivity contribution in [2.24, 2.45) is 4.99 Å². The Morgan fingerprint density at radius 3 is 2.62 bits per heavy atom. The molecule has 32 heavy (non-hydrogen) atoms. The number of hydrogen-bond donors (Lipinski definition) is 0. The van der Waals surface area contributed by atoms with Gasteiger partial charge in [-0.1, -0.05) is 41.7 Å². The summed E-state index contributed by atoms with van der Waals surface area (Å²) in [4.78, 5) is 31.6. The van der Waals surface area contributed by atoms with Crippen LogP contribution in [0.15, 0.2) is 69.6 Å². The van der Waals surface area contributed by atoms with Crippen LogP contribution in [0.1, 0.15) is 31.0 Å². The summed E-state index contributed by atoms with van der Waals surface area (Å²) >= 11 is 3.55. The highest BCUT2D eigenvalue weighted by Crippen LogP contribution is 2.35. The van der Waals surface area contributed by atoms with E-state index in [0.29, 0.717) is 31.9 Å². The Morgan fingerprint density at radius 2 is 1.94 bits per heavy atom. The number of ether oxygens (including phenoxy) is 2. The standard InChI is InChI=1S/C24H21IN2O4S/c1-4-31-23(29)20-14(2)26-24-27(21(20)17-7-5-6-8-18(17)30-3)22(28)19(32-24)13-15-9-11-16(25)12-10-15/h5-13,21H,4H2,1-3H3/b19-13-. The quantitative estimate of drug-likeness (QED) is 0.355. The molecule has 0 amide bonds. The summed E-state index contributed by atoms with van der Waals surface area (Å²) < 4.78 is 14.1. The van der Waals surface area contributed by atoms with Gasteiger partial charge in [0.2, 0.25) is 0 Å². The minimum absolute atomic E-state index is 0.211. The summed E-state index contributed by atoms with van der Waals surface area (Å²) in [5.74, 6) is 0.0952. The molecule has 1 atom stereocenters. The Labute approximate surface area is 202 Å². The van der Waals surface area contributed by atoms with Crippen LogP contribution in [0.2, 0.25) is 0 Å². The molecule has 2 aromatic carbocycles. The van der Waals surface area contributed by atoms with E-state index in [1.54, 1.807) is 25.5 Å². The summed E-state index contributed by atoms with van der Waals surface area (Å²) in [6.45, 7) is 3.75. The van der Waals surface area contributed by atoms with E-state index >= 15 is 0 Å². The van der Waals surface area contributed by atoms with Gasteiger partial charge in [0.05, 0.1) is 29.5 Å². The van der Waals surface area contributed by atoms with E-state index in [1.165, 1.54) is 11.3 Å². The highest BCUT2D eigenvalue weighted by atomic mass is 127. The minimum Gasteiger partial charge on any atom is -0.496 e. The first-order valence-electron chi connectivity index (χ1n) is 10.0. The molecule has 1 aliphatic rings. The van der Waals surface area contributed by atoms with Crippen LogP contribution in [0, 0.1) is 3.57 Å². The van der Waals surface area contributed by atoms with Gasteiger partial charge in [0.25, 0.3) is 5.56 Å². The van der Waals surface area contributed by atoms with Gasteiger partial charge in [0.15, 0.2) is 4.80 Å². The van der Waals surface area contributed by atoms with Gasteiger partial charge in [0, 0.05) is 9.13 Å². The molecule has 0 aliphatic carbocycles. The second-order valence-corrected chi connectivity index (χ2v) is 9.35. The molecule has 0 saturated carbocycles. The number of allylic oxidation sites excluding steroid dienone is 1. The zero-order valence-electron chi connectivity index (χ0n) is 17.8. The van der Waals surface area contributed by atoms with Crippen LogP contribution in [0.5, 0.6) is 5.75 Å². The molecule has 8 heteroatoms. The number of fused-ring (bicyclic) bond motifs is 1. The van der Waals surface area contributed by atoms with E-state index < -0.39 is 12.0 Å². The van der Waals surface area contributed by atoms with Gasteiger partial charge >= 0.3 is 5.97 Å². The van der Waals surface area contributed by atoms with E-state index in [0.717, 1.165) is 9.13 Å². The van der Waals surface area contributed by atoms with E-state index in [2.05, 4.69) is 27.6 Å². The van der Waals surface area contributed by atoms with Crippen LogP contribution >= 0.6 is 33.9 Å². The lowest BCUT2D eigenvalue weighted by molar-refractivity contribution is -0.139. The van der Waals surface area contributed by atoms with Crippen LogP contribution < -0.4 is 19.6 Å². The molecule has 1 aromatic heterocycles. The largest absolute Gasteiger partial charge is 0.496 e. The van der Waals surface area contributed by atoms with E-state index in [9.17, 15) is 9.59 Å². The molecular formula is C24H21IN2O4S. The zero-order valence-corrected chi connectivity index (χ0v) is 20.8. The second-order valence-electron chi connectivity index (χ2n) is 7.10. The lowest BCUT2D eigenvalue weighted by Crippen LogP contribution is -2.40. The number of rotatable bonds is 5. The molecule has 0 N–H and O–H groups in total. The first kappa shape index (κ1) is 22.5. The summed E-state index contributed by atoms with van der Waals surface area (Å²) in [5, 5.41) is 0. The van der Waals surface area contributed by atoms with Crippen molar-refractivity contribution in [3.63, 3.8) is 0 Å². The summed E-state index contributed by atoms with van der Waals surface area (Å²) in [5.41, 5.74) is 2.28. The van der Waals surface area contributed by atoms with Crippen molar-refractivity contribution in [1.29, 1.82) is 0 Å². The smallest absolute Gasteiger partial charge is 0.338 e. The molecule has 4 rings (SSSR count). The van der Waals surface area contributed by atoms with Gasteiger partial charge < -0.3 is 9.47 Å². The van der Waals surface area contributed by atoms with Crippen LogP contribution in [-0.2, 0) is 9.53 Å². The van der Waals surface area contributed by atoms with E-state index in [-0.39, 0.29) is 12.2 Å². The molecule has 164 valence electrons. The molecule has 1 unspecified atom stereocenters. The van der Waals surface area contributed by atoms with E-state index in [4.69, 9.17) is 9.47 Å². The maximum atomic E-state index is 13.6. The first-order valence-corrected chi connectivity index (χ1v) is 11.9. The van der Waals surface area contributed by atoms with Crippen molar-refractivity contribution < 1.29 is 14.3 Å². The SMILES string of the molecule is CCOC(=O)C1=C(C)N=c2s/c(=C\c3ccc(I)cc3)c(=O)n2C1c1ccccc1OC. The van der Waals surface area contributed by atoms with Crippen molar-refractivity contribution in [2.75, 3.05) is 13.7 Å². The number of carbonyl (C=O) groups is 1. The number of thiazole rings is 1. The highest BCUT2D eigenvalue weighted by molar-refractivity contribution is 14.1. The van der Waals surface area contributed by atoms with Gasteiger partial charge in [-0.2, -0.15) is 0 Å². The fourth-order valence-corrected chi connectivity index (χ4v) is 5.09. The normalized spacial score (nSPS) is 15.9. The predicted octanol–water partition coefficient (Wildman–Crippen LogP) is 3.41. The Balaban J connectivity index is 1.98. The molecule has 2 heterocycles. The van der Waals surface area contributed by atoms with Crippen LogP contribution in [-0.4, -0.2) is 24.3 Å². The van der Waals surface area contributed by atoms with Gasteiger partial charge in [-0.05, 0) is 66.3 Å². The minimum atomic E-state index is -0.694. The van der Waals surface area contributed by atoms with Gasteiger partial charge in [0.1, 0.15) is 11.8 Å². The number of halogens is 1. The molecule has 0 radical (unpaired) electrons. The average Bonchev–Trinajstić information content (AvgIpc) is 3.09. The van der Waals surface area contributed by atoms with Crippen LogP contribution in [0.4, 0.5) is 0 Å². The molecule has 0 fully saturated rings. The monoisotopic (exact) mass is 560 g/mol. The average molecular weight is 560 g/mol. The van der Waals surface area contributed by atoms with Crippen molar-refractivity contribution in [3.05, 3.63) is 94.2 Å². The van der Waals surface area contributed by atoms with Crippen LogP contribution in [0.3, 0.4) is 0 Å². The molecule has 0 saturated heterocycles. The number of nitrogens with zero attached hydrogens (tertiary/aromatic N) is 2. The highest BCUT2D eigenvalue weighted by Gasteiger charge is 2.34. The fraction of sp³-hybridized carbons (Fsp3) is 0.208. The van der Waals surface area contributed by atoms with Crippen molar-refractivity contribution >= 4 is 46.0 Å². The Bertz CT molecular complexity index is 1390. The Hall–Kier alpha value is -2.72. The zero-order chi connectivity index (χ0) is 22.8. The number of benzene rings is 2. The third kappa shape index (κ3) is 4.16. The maximum Gasteiger partial charge on any atom is 0.338 e. The van der Waals surface area contributed by atoms with E-state index in [1.807, 2.05) is 54.6 Å². The predicted molar refractivity (Wildman–Crippen MR) is 133 cm³/mol. The van der Waals surface area contributed by atoms with Gasteiger partial charge in [-0.3, -0.25) is 9.36 Å². The molecule has 1 aliphatic heterocycles. The van der Waals surface area contributed by atoms with Gasteiger partial charge in [-0.15, -0.1) is 0 Å². The number of para-hydroxylation sites is 1. The number of aromatic nitrogens is 1. The lowest BCUT2D eigenvalue weighted by Gasteiger charge is -2.25. The third-order valence-corrected chi connectivity index (χ3v) is 6.82. The fourth-order valence-electron chi connectivity index (χ4n) is 3.69. The third-order valence-electron chi connectivity index (χ3n) is 5.12. The van der Waals surface area contributed by atoms with Crippen molar-refractivity contribution in [3.8, 4) is 5.75 Å². The molecule has 0 bridgehead atoms. The number of hydrogen-bond acceptors (Lipinski definition) is 6. The topological polar surface area (TPSA) is 69.9 Å². The van der Waals surface area contributed by atoms with Crippen molar-refractivity contribution in [1.82, 2.24) is 4.57 Å². The molecular weight excluding hydrogens is 539 g/mol. The molecule has 6 nitrogen and oxygen atoms in total. The second kappa shape index (κ2) is 9.41. The summed E-state index contributed by atoms with van der Waals surface area (Å²) in [6.07, 6.45) is 1.85. The number of carbonyl (C=O) groups excluding carboxylic acids is 1. The number of esters is 1. The molecule has 3 aromatic rings. The Morgan fingerprint density at radius 1 is 1.22 bits per heavy atom. The summed E-state index contributed by atoms with van der Waals surface area (Å²) in [6, 6.07) is 14.6.